The second-order valence-corrected chi connectivity index (χ2v) is 8.81. The van der Waals surface area contributed by atoms with Gasteiger partial charge < -0.3 is 12.5 Å². The van der Waals surface area contributed by atoms with Gasteiger partial charge in [-0.3, -0.25) is 14.1 Å². The van der Waals surface area contributed by atoms with Crippen LogP contribution in [0.5, 0.6) is 0 Å². The molecule has 0 unspecified atom stereocenters. The van der Waals surface area contributed by atoms with Gasteiger partial charge in [0.25, 0.3) is 10.1 Å². The van der Waals surface area contributed by atoms with Gasteiger partial charge in [0.15, 0.2) is 11.6 Å². The van der Waals surface area contributed by atoms with Crippen molar-refractivity contribution in [1.82, 2.24) is 0 Å². The van der Waals surface area contributed by atoms with Crippen LogP contribution in [0.1, 0.15) is 33.3 Å². The molecule has 4 aromatic rings. The summed E-state index contributed by atoms with van der Waals surface area (Å²) in [5.41, 5.74) is 6.25. The van der Waals surface area contributed by atoms with E-state index >= 15 is 0 Å². The second kappa shape index (κ2) is 8.40. The second-order valence-electron chi connectivity index (χ2n) is 7.42. The zero-order chi connectivity index (χ0) is 22.6. The molecule has 160 valence electrons. The predicted octanol–water partition coefficient (Wildman–Crippen LogP) is 1.30. The van der Waals surface area contributed by atoms with Crippen molar-refractivity contribution in [1.29, 1.82) is 0 Å². The largest absolute Gasteiger partial charge is 1.00 e. The van der Waals surface area contributed by atoms with Crippen molar-refractivity contribution in [2.45, 2.75) is 4.90 Å². The molecule has 0 atom stereocenters. The summed E-state index contributed by atoms with van der Waals surface area (Å²) in [6, 6.07) is 20.3. The van der Waals surface area contributed by atoms with Crippen LogP contribution in [0.25, 0.3) is 10.8 Å². The van der Waals surface area contributed by atoms with Crippen LogP contribution in [0.3, 0.4) is 0 Å². The number of rotatable bonds is 3. The van der Waals surface area contributed by atoms with E-state index in [2.05, 4.69) is 5.32 Å². The standard InChI is InChI=1S/C24H16N2O5S.Na.H/c25-22-19(32(29,30)31)12-18(26-17-11-5-7-13-6-1-2-8-14(13)17)20-21(22)24(28)16-10-4-3-9-15(16)23(20)27;;/h1-12,26H,25H2,(H,29,30,31);;/q;+1;-1. The molecule has 4 aromatic carbocycles. The maximum absolute atomic E-state index is 13.4. The minimum absolute atomic E-state index is 0. The number of fused-ring (bicyclic) bond motifs is 3. The Labute approximate surface area is 213 Å². The van der Waals surface area contributed by atoms with E-state index in [9.17, 15) is 22.6 Å². The average molecular weight is 468 g/mol. The molecule has 1 aliphatic carbocycles. The number of hydrogen-bond acceptors (Lipinski definition) is 6. The van der Waals surface area contributed by atoms with Gasteiger partial charge in [-0.15, -0.1) is 0 Å². The monoisotopic (exact) mass is 468 g/mol. The number of carbonyl (C=O) groups is 2. The third kappa shape index (κ3) is 3.76. The predicted molar refractivity (Wildman–Crippen MR) is 122 cm³/mol. The van der Waals surface area contributed by atoms with Crippen molar-refractivity contribution in [3.63, 3.8) is 0 Å². The van der Waals surface area contributed by atoms with Gasteiger partial charge in [-0.1, -0.05) is 60.7 Å². The first kappa shape index (κ1) is 23.2. The van der Waals surface area contributed by atoms with Crippen molar-refractivity contribution in [3.8, 4) is 0 Å². The third-order valence-electron chi connectivity index (χ3n) is 5.54. The van der Waals surface area contributed by atoms with Crippen LogP contribution < -0.4 is 40.6 Å². The molecule has 1 aliphatic rings. The van der Waals surface area contributed by atoms with Crippen LogP contribution in [-0.4, -0.2) is 24.5 Å². The summed E-state index contributed by atoms with van der Waals surface area (Å²) in [4.78, 5) is 26.0. The summed E-state index contributed by atoms with van der Waals surface area (Å²) in [6.45, 7) is 0. The molecule has 0 saturated carbocycles. The number of nitrogens with one attached hydrogen (secondary N) is 1. The first-order valence-corrected chi connectivity index (χ1v) is 11.1. The van der Waals surface area contributed by atoms with Gasteiger partial charge in [0.1, 0.15) is 4.90 Å². The molecule has 0 aliphatic heterocycles. The molecule has 0 fully saturated rings. The third-order valence-corrected chi connectivity index (χ3v) is 6.43. The first-order valence-electron chi connectivity index (χ1n) is 9.64. The minimum atomic E-state index is -4.77. The van der Waals surface area contributed by atoms with Gasteiger partial charge >= 0.3 is 29.6 Å². The number of ketones is 2. The molecule has 7 nitrogen and oxygen atoms in total. The van der Waals surface area contributed by atoms with Crippen LogP contribution in [0.2, 0.25) is 0 Å². The van der Waals surface area contributed by atoms with Crippen LogP contribution in [0.4, 0.5) is 17.1 Å². The van der Waals surface area contributed by atoms with Crippen LogP contribution >= 0.6 is 0 Å². The molecular weight excluding hydrogens is 451 g/mol. The van der Waals surface area contributed by atoms with Gasteiger partial charge in [0.2, 0.25) is 0 Å². The maximum atomic E-state index is 13.4. The summed E-state index contributed by atoms with van der Waals surface area (Å²) in [5.74, 6) is -1.05. The molecule has 33 heavy (non-hydrogen) atoms. The summed E-state index contributed by atoms with van der Waals surface area (Å²) in [7, 11) is -4.77. The molecule has 0 spiro atoms. The van der Waals surface area contributed by atoms with Crippen molar-refractivity contribution >= 4 is 49.5 Å². The van der Waals surface area contributed by atoms with Gasteiger partial charge in [-0.2, -0.15) is 8.42 Å². The zero-order valence-corrected chi connectivity index (χ0v) is 20.3. The molecule has 0 amide bonds. The van der Waals surface area contributed by atoms with Crippen molar-refractivity contribution in [3.05, 3.63) is 95.1 Å². The average Bonchev–Trinajstić information content (AvgIpc) is 2.78. The summed E-state index contributed by atoms with van der Waals surface area (Å²) in [5, 5.41) is 4.84. The molecule has 0 saturated heterocycles. The van der Waals surface area contributed by atoms with Crippen LogP contribution in [-0.2, 0) is 10.1 Å². The van der Waals surface area contributed by atoms with Crippen LogP contribution in [0, 0.1) is 0 Å². The Bertz CT molecular complexity index is 1580. The molecule has 9 heteroatoms. The fourth-order valence-electron chi connectivity index (χ4n) is 4.09. The number of nitrogen functional groups attached to an aromatic ring is 1. The van der Waals surface area contributed by atoms with Gasteiger partial charge in [0, 0.05) is 22.2 Å². The van der Waals surface area contributed by atoms with Crippen LogP contribution in [0.15, 0.2) is 77.7 Å². The Morgan fingerprint density at radius 3 is 2.03 bits per heavy atom. The topological polar surface area (TPSA) is 127 Å². The van der Waals surface area contributed by atoms with E-state index in [1.165, 1.54) is 12.1 Å². The summed E-state index contributed by atoms with van der Waals surface area (Å²) in [6.07, 6.45) is 0. The molecule has 0 heterocycles. The van der Waals surface area contributed by atoms with E-state index in [0.717, 1.165) is 16.8 Å². The van der Waals surface area contributed by atoms with E-state index < -0.39 is 32.3 Å². The zero-order valence-electron chi connectivity index (χ0n) is 18.5. The van der Waals surface area contributed by atoms with Crippen molar-refractivity contribution in [2.75, 3.05) is 11.1 Å². The van der Waals surface area contributed by atoms with E-state index in [1.807, 2.05) is 30.3 Å². The molecule has 0 radical (unpaired) electrons. The quantitative estimate of drug-likeness (QED) is 0.207. The molecule has 5 rings (SSSR count). The Kier molecular flexibility index (Phi) is 5.90. The van der Waals surface area contributed by atoms with Gasteiger partial charge in [-0.05, 0) is 17.5 Å². The van der Waals surface area contributed by atoms with Crippen molar-refractivity contribution < 1.29 is 53.5 Å². The first-order chi connectivity index (χ1) is 15.3. The smallest absolute Gasteiger partial charge is 1.00 e. The molecule has 0 aromatic heterocycles. The molecule has 0 bridgehead atoms. The van der Waals surface area contributed by atoms with E-state index in [4.69, 9.17) is 5.73 Å². The Balaban J connectivity index is 0.00000162. The van der Waals surface area contributed by atoms with E-state index in [0.29, 0.717) is 5.69 Å². The summed E-state index contributed by atoms with van der Waals surface area (Å²) < 4.78 is 33.8. The minimum Gasteiger partial charge on any atom is -1.00 e. The fourth-order valence-corrected chi connectivity index (χ4v) is 4.73. The number of nitrogens with two attached hydrogens (primary N) is 1. The molecule has 4 N–H and O–H groups in total. The Hall–Kier alpha value is -3.01. The Morgan fingerprint density at radius 2 is 1.36 bits per heavy atom. The fraction of sp³-hybridized carbons (Fsp3) is 0. The van der Waals surface area contributed by atoms with E-state index in [-0.39, 0.29) is 58.9 Å². The number of benzene rings is 4. The summed E-state index contributed by atoms with van der Waals surface area (Å²) >= 11 is 0. The van der Waals surface area contributed by atoms with Gasteiger partial charge in [-0.25, -0.2) is 0 Å². The maximum Gasteiger partial charge on any atom is 1.00 e. The Morgan fingerprint density at radius 1 is 0.788 bits per heavy atom. The SMILES string of the molecule is Nc1c(S(=O)(=O)O)cc(Nc2cccc3ccccc23)c2c1C(=O)c1ccccc1C2=O.[H-].[Na+]. The number of anilines is 3. The van der Waals surface area contributed by atoms with Crippen molar-refractivity contribution in [2.24, 2.45) is 0 Å². The molecular formula is C24H17N2NaO5S. The van der Waals surface area contributed by atoms with E-state index in [1.54, 1.807) is 24.3 Å². The normalized spacial score (nSPS) is 12.6. The number of carbonyl (C=O) groups excluding carboxylic acids is 2. The van der Waals surface area contributed by atoms with Gasteiger partial charge in [0.05, 0.1) is 22.5 Å². The number of hydrogen-bond donors (Lipinski definition) is 3.